The van der Waals surface area contributed by atoms with Gasteiger partial charge in [0.05, 0.1) is 0 Å². The molecule has 2 aliphatic rings. The zero-order valence-electron chi connectivity index (χ0n) is 8.56. The Morgan fingerprint density at radius 1 is 1.31 bits per heavy atom. The van der Waals surface area contributed by atoms with Gasteiger partial charge >= 0.3 is 0 Å². The van der Waals surface area contributed by atoms with Crippen LogP contribution >= 0.6 is 15.9 Å². The van der Waals surface area contributed by atoms with Gasteiger partial charge in [-0.3, -0.25) is 0 Å². The molecule has 0 aromatic heterocycles. The number of nitrogens with zero attached hydrogens (tertiary/aromatic N) is 1. The van der Waals surface area contributed by atoms with Crippen molar-refractivity contribution < 1.29 is 0 Å². The first-order valence-corrected chi connectivity index (χ1v) is 6.65. The summed E-state index contributed by atoms with van der Waals surface area (Å²) in [5, 5.41) is 1.21. The lowest BCUT2D eigenvalue weighted by molar-refractivity contribution is 0.166. The van der Waals surface area contributed by atoms with Crippen molar-refractivity contribution in [2.24, 2.45) is 11.3 Å². The number of likely N-dealkylation sites (tertiary alicyclic amines) is 1. The molecule has 1 saturated carbocycles. The number of rotatable bonds is 3. The standard InChI is InChI=1S/C11H20BrN/c1-10-2-6-13(7-3-10)9-11(8-12)4-5-11/h10H,2-9H2,1H3. The highest BCUT2D eigenvalue weighted by molar-refractivity contribution is 9.09. The van der Waals surface area contributed by atoms with Crippen molar-refractivity contribution in [3.05, 3.63) is 0 Å². The molecular formula is C11H20BrN. The largest absolute Gasteiger partial charge is 0.303 e. The summed E-state index contributed by atoms with van der Waals surface area (Å²) in [6.45, 7) is 6.42. The van der Waals surface area contributed by atoms with Gasteiger partial charge in [-0.05, 0) is 50.1 Å². The van der Waals surface area contributed by atoms with Crippen LogP contribution in [0.2, 0.25) is 0 Å². The van der Waals surface area contributed by atoms with E-state index in [0.717, 1.165) is 5.92 Å². The van der Waals surface area contributed by atoms with Crippen LogP contribution in [0.15, 0.2) is 0 Å². The van der Waals surface area contributed by atoms with Crippen LogP contribution in [0.1, 0.15) is 32.6 Å². The van der Waals surface area contributed by atoms with Gasteiger partial charge in [0.15, 0.2) is 0 Å². The molecule has 2 fully saturated rings. The fourth-order valence-corrected chi connectivity index (χ4v) is 2.94. The smallest absolute Gasteiger partial charge is 0.0100 e. The Kier molecular flexibility index (Phi) is 2.99. The lowest BCUT2D eigenvalue weighted by Crippen LogP contribution is -2.37. The van der Waals surface area contributed by atoms with E-state index in [1.807, 2.05) is 0 Å². The van der Waals surface area contributed by atoms with Crippen molar-refractivity contribution >= 4 is 15.9 Å². The predicted octanol–water partition coefficient (Wildman–Crippen LogP) is 2.89. The van der Waals surface area contributed by atoms with Crippen LogP contribution in [0, 0.1) is 11.3 Å². The molecule has 0 bridgehead atoms. The average molecular weight is 246 g/mol. The molecule has 0 N–H and O–H groups in total. The first-order chi connectivity index (χ1) is 6.24. The Morgan fingerprint density at radius 2 is 1.92 bits per heavy atom. The maximum Gasteiger partial charge on any atom is 0.0100 e. The maximum atomic E-state index is 3.65. The van der Waals surface area contributed by atoms with E-state index in [0.29, 0.717) is 5.41 Å². The van der Waals surface area contributed by atoms with Crippen molar-refractivity contribution in [2.45, 2.75) is 32.6 Å². The minimum absolute atomic E-state index is 0.681. The lowest BCUT2D eigenvalue weighted by Gasteiger charge is -2.32. The van der Waals surface area contributed by atoms with Gasteiger partial charge < -0.3 is 4.90 Å². The lowest BCUT2D eigenvalue weighted by atomic mass is 9.98. The number of halogens is 1. The molecule has 0 spiro atoms. The van der Waals surface area contributed by atoms with Crippen LogP contribution in [-0.2, 0) is 0 Å². The first-order valence-electron chi connectivity index (χ1n) is 5.52. The Labute approximate surface area is 90.0 Å². The minimum Gasteiger partial charge on any atom is -0.303 e. The molecule has 2 heteroatoms. The number of hydrogen-bond donors (Lipinski definition) is 0. The Morgan fingerprint density at radius 3 is 2.38 bits per heavy atom. The second-order valence-electron chi connectivity index (χ2n) is 5.09. The van der Waals surface area contributed by atoms with E-state index in [4.69, 9.17) is 0 Å². The van der Waals surface area contributed by atoms with E-state index in [9.17, 15) is 0 Å². The van der Waals surface area contributed by atoms with Gasteiger partial charge in [0.25, 0.3) is 0 Å². The summed E-state index contributed by atoms with van der Waals surface area (Å²) >= 11 is 3.65. The summed E-state index contributed by atoms with van der Waals surface area (Å²) in [7, 11) is 0. The highest BCUT2D eigenvalue weighted by atomic mass is 79.9. The van der Waals surface area contributed by atoms with Gasteiger partial charge in [-0.1, -0.05) is 22.9 Å². The molecule has 1 saturated heterocycles. The molecule has 2 rings (SSSR count). The quantitative estimate of drug-likeness (QED) is 0.692. The highest BCUT2D eigenvalue weighted by Gasteiger charge is 2.42. The molecule has 0 unspecified atom stereocenters. The molecule has 13 heavy (non-hydrogen) atoms. The van der Waals surface area contributed by atoms with Crippen molar-refractivity contribution in [1.29, 1.82) is 0 Å². The summed E-state index contributed by atoms with van der Waals surface area (Å²) in [6, 6.07) is 0. The van der Waals surface area contributed by atoms with Crippen LogP contribution in [-0.4, -0.2) is 29.9 Å². The Bertz CT molecular complexity index is 169. The summed E-state index contributed by atoms with van der Waals surface area (Å²) in [5.41, 5.74) is 0.681. The van der Waals surface area contributed by atoms with Crippen LogP contribution < -0.4 is 0 Å². The maximum absolute atomic E-state index is 3.65. The molecular weight excluding hydrogens is 226 g/mol. The molecule has 0 aromatic carbocycles. The summed E-state index contributed by atoms with van der Waals surface area (Å²) < 4.78 is 0. The van der Waals surface area contributed by atoms with Crippen molar-refractivity contribution in [3.63, 3.8) is 0 Å². The average Bonchev–Trinajstić information content (AvgIpc) is 2.90. The molecule has 0 atom stereocenters. The summed E-state index contributed by atoms with van der Waals surface area (Å²) in [4.78, 5) is 2.67. The third-order valence-corrected chi connectivity index (χ3v) is 4.87. The molecule has 1 nitrogen and oxygen atoms in total. The SMILES string of the molecule is CC1CCN(CC2(CBr)CC2)CC1. The van der Waals surface area contributed by atoms with Crippen LogP contribution in [0.5, 0.6) is 0 Å². The molecule has 0 radical (unpaired) electrons. The third-order valence-electron chi connectivity index (χ3n) is 3.68. The van der Waals surface area contributed by atoms with E-state index >= 15 is 0 Å². The molecule has 1 aliphatic carbocycles. The summed E-state index contributed by atoms with van der Waals surface area (Å²) in [6.07, 6.45) is 5.73. The zero-order chi connectivity index (χ0) is 9.31. The second kappa shape index (κ2) is 3.90. The Balaban J connectivity index is 1.76. The minimum atomic E-state index is 0.681. The van der Waals surface area contributed by atoms with Gasteiger partial charge in [0.2, 0.25) is 0 Å². The first kappa shape index (κ1) is 9.97. The second-order valence-corrected chi connectivity index (χ2v) is 5.65. The fraction of sp³-hybridized carbons (Fsp3) is 1.00. The van der Waals surface area contributed by atoms with Crippen LogP contribution in [0.4, 0.5) is 0 Å². The fourth-order valence-electron chi connectivity index (χ4n) is 2.21. The normalized spacial score (nSPS) is 29.1. The number of piperidine rings is 1. The molecule has 1 heterocycles. The Hall–Kier alpha value is 0.440. The van der Waals surface area contributed by atoms with Crippen molar-refractivity contribution in [2.75, 3.05) is 25.0 Å². The van der Waals surface area contributed by atoms with Crippen molar-refractivity contribution in [3.8, 4) is 0 Å². The number of hydrogen-bond acceptors (Lipinski definition) is 1. The van der Waals surface area contributed by atoms with E-state index in [-0.39, 0.29) is 0 Å². The van der Waals surface area contributed by atoms with Gasteiger partial charge in [0.1, 0.15) is 0 Å². The van der Waals surface area contributed by atoms with Gasteiger partial charge in [-0.2, -0.15) is 0 Å². The number of alkyl halides is 1. The van der Waals surface area contributed by atoms with E-state index in [2.05, 4.69) is 27.8 Å². The summed E-state index contributed by atoms with van der Waals surface area (Å²) in [5.74, 6) is 0.968. The van der Waals surface area contributed by atoms with Crippen LogP contribution in [0.3, 0.4) is 0 Å². The van der Waals surface area contributed by atoms with E-state index < -0.39 is 0 Å². The van der Waals surface area contributed by atoms with Gasteiger partial charge in [-0.15, -0.1) is 0 Å². The zero-order valence-corrected chi connectivity index (χ0v) is 10.1. The molecule has 0 aromatic rings. The molecule has 76 valence electrons. The van der Waals surface area contributed by atoms with E-state index in [1.165, 1.54) is 50.6 Å². The third kappa shape index (κ3) is 2.47. The molecule has 1 aliphatic heterocycles. The molecule has 0 amide bonds. The van der Waals surface area contributed by atoms with Crippen LogP contribution in [0.25, 0.3) is 0 Å². The van der Waals surface area contributed by atoms with Gasteiger partial charge in [0, 0.05) is 11.9 Å². The van der Waals surface area contributed by atoms with Crippen molar-refractivity contribution in [1.82, 2.24) is 4.90 Å². The van der Waals surface area contributed by atoms with E-state index in [1.54, 1.807) is 0 Å². The monoisotopic (exact) mass is 245 g/mol. The van der Waals surface area contributed by atoms with Gasteiger partial charge in [-0.25, -0.2) is 0 Å². The predicted molar refractivity (Wildman–Crippen MR) is 60.3 cm³/mol. The highest BCUT2D eigenvalue weighted by Crippen LogP contribution is 2.47. The topological polar surface area (TPSA) is 3.24 Å².